The summed E-state index contributed by atoms with van der Waals surface area (Å²) in [6.07, 6.45) is 7.84. The number of nitrogens with one attached hydrogen (secondary N) is 3. The van der Waals surface area contributed by atoms with Gasteiger partial charge in [-0.2, -0.15) is 0 Å². The molecule has 1 amide bonds. The van der Waals surface area contributed by atoms with Crippen LogP contribution in [0.25, 0.3) is 5.65 Å². The summed E-state index contributed by atoms with van der Waals surface area (Å²) in [5, 5.41) is 6.06. The summed E-state index contributed by atoms with van der Waals surface area (Å²) < 4.78 is 1.81. The molecule has 8 nitrogen and oxygen atoms in total. The van der Waals surface area contributed by atoms with Crippen LogP contribution in [0, 0.1) is 0 Å². The standard InChI is InChI=1S/C12H17N7O/c13-18-9-7-19-6-5-15-12(19)11(17-9)14-4-3-10(20)16-8-1-2-8/h5-8,18H,1-4,13H2,(H,14,17)(H,16,20). The van der Waals surface area contributed by atoms with Gasteiger partial charge in [0.2, 0.25) is 5.91 Å². The number of fused-ring (bicyclic) bond motifs is 1. The molecule has 0 atom stereocenters. The maximum absolute atomic E-state index is 11.6. The molecule has 1 aliphatic carbocycles. The van der Waals surface area contributed by atoms with Crippen LogP contribution in [0.2, 0.25) is 0 Å². The molecule has 0 radical (unpaired) electrons. The number of nitrogens with zero attached hydrogens (tertiary/aromatic N) is 3. The van der Waals surface area contributed by atoms with E-state index in [-0.39, 0.29) is 5.91 Å². The molecule has 0 bridgehead atoms. The summed E-state index contributed by atoms with van der Waals surface area (Å²) in [6, 6.07) is 0.393. The zero-order valence-electron chi connectivity index (χ0n) is 11.0. The smallest absolute Gasteiger partial charge is 0.221 e. The van der Waals surface area contributed by atoms with Gasteiger partial charge in [-0.3, -0.25) is 4.79 Å². The van der Waals surface area contributed by atoms with Gasteiger partial charge in [0.25, 0.3) is 0 Å². The van der Waals surface area contributed by atoms with Crippen LogP contribution in [0.3, 0.4) is 0 Å². The minimum absolute atomic E-state index is 0.0625. The highest BCUT2D eigenvalue weighted by molar-refractivity contribution is 5.77. The van der Waals surface area contributed by atoms with Crippen LogP contribution in [-0.4, -0.2) is 32.9 Å². The Labute approximate surface area is 115 Å². The summed E-state index contributed by atoms with van der Waals surface area (Å²) in [6.45, 7) is 0.502. The number of nitrogens with two attached hydrogens (primary N) is 1. The van der Waals surface area contributed by atoms with Crippen LogP contribution in [0.5, 0.6) is 0 Å². The third-order valence-corrected chi connectivity index (χ3v) is 3.11. The van der Waals surface area contributed by atoms with Gasteiger partial charge in [-0.25, -0.2) is 15.8 Å². The Morgan fingerprint density at radius 2 is 2.35 bits per heavy atom. The fraction of sp³-hybridized carbons (Fsp3) is 0.417. The highest BCUT2D eigenvalue weighted by Gasteiger charge is 2.22. The number of amides is 1. The largest absolute Gasteiger partial charge is 0.366 e. The number of aromatic nitrogens is 3. The molecule has 1 aliphatic rings. The zero-order chi connectivity index (χ0) is 13.9. The Balaban J connectivity index is 1.63. The number of imidazole rings is 1. The molecule has 5 N–H and O–H groups in total. The van der Waals surface area contributed by atoms with E-state index in [9.17, 15) is 4.79 Å². The van der Waals surface area contributed by atoms with Crippen LogP contribution in [0.1, 0.15) is 19.3 Å². The van der Waals surface area contributed by atoms with Crippen molar-refractivity contribution in [3.8, 4) is 0 Å². The molecular formula is C12H17N7O. The molecule has 2 aromatic heterocycles. The van der Waals surface area contributed by atoms with E-state index < -0.39 is 0 Å². The molecule has 2 heterocycles. The van der Waals surface area contributed by atoms with Gasteiger partial charge in [-0.1, -0.05) is 0 Å². The molecule has 0 aromatic carbocycles. The fourth-order valence-electron chi connectivity index (χ4n) is 1.94. The Morgan fingerprint density at radius 1 is 1.50 bits per heavy atom. The second kappa shape index (κ2) is 5.33. The van der Waals surface area contributed by atoms with Gasteiger partial charge in [0, 0.05) is 31.4 Å². The molecule has 20 heavy (non-hydrogen) atoms. The van der Waals surface area contributed by atoms with Gasteiger partial charge in [0.15, 0.2) is 17.3 Å². The monoisotopic (exact) mass is 275 g/mol. The van der Waals surface area contributed by atoms with Gasteiger partial charge < -0.3 is 20.5 Å². The van der Waals surface area contributed by atoms with E-state index in [2.05, 4.69) is 26.0 Å². The number of carbonyl (C=O) groups excluding carboxylic acids is 1. The molecule has 0 unspecified atom stereocenters. The summed E-state index contributed by atoms with van der Waals surface area (Å²) in [7, 11) is 0. The minimum atomic E-state index is 0.0625. The van der Waals surface area contributed by atoms with Crippen LogP contribution in [-0.2, 0) is 4.79 Å². The fourth-order valence-corrected chi connectivity index (χ4v) is 1.94. The van der Waals surface area contributed by atoms with E-state index in [0.717, 1.165) is 12.8 Å². The van der Waals surface area contributed by atoms with Crippen molar-refractivity contribution in [1.29, 1.82) is 0 Å². The molecule has 2 aromatic rings. The number of hydrogen-bond acceptors (Lipinski definition) is 6. The molecule has 1 saturated carbocycles. The van der Waals surface area contributed by atoms with Crippen molar-refractivity contribution in [1.82, 2.24) is 19.7 Å². The predicted octanol–water partition coefficient (Wildman–Crippen LogP) is 0.0955. The predicted molar refractivity (Wildman–Crippen MR) is 75.1 cm³/mol. The number of hydrazine groups is 1. The lowest BCUT2D eigenvalue weighted by Crippen LogP contribution is -2.27. The zero-order valence-corrected chi connectivity index (χ0v) is 11.0. The summed E-state index contributed by atoms with van der Waals surface area (Å²) in [4.78, 5) is 20.1. The third-order valence-electron chi connectivity index (χ3n) is 3.11. The summed E-state index contributed by atoms with van der Waals surface area (Å²) in [5.41, 5.74) is 3.20. The Kier molecular flexibility index (Phi) is 3.38. The lowest BCUT2D eigenvalue weighted by molar-refractivity contribution is -0.120. The number of carbonyl (C=O) groups is 1. The molecule has 0 spiro atoms. The van der Waals surface area contributed by atoms with E-state index in [1.807, 2.05) is 10.6 Å². The van der Waals surface area contributed by atoms with Gasteiger partial charge in [-0.15, -0.1) is 0 Å². The lowest BCUT2D eigenvalue weighted by atomic mass is 10.4. The molecule has 8 heteroatoms. The van der Waals surface area contributed by atoms with Crippen LogP contribution in [0.4, 0.5) is 11.6 Å². The van der Waals surface area contributed by atoms with Crippen molar-refractivity contribution in [2.75, 3.05) is 17.3 Å². The first kappa shape index (κ1) is 12.7. The van der Waals surface area contributed by atoms with Crippen molar-refractivity contribution >= 4 is 23.2 Å². The SMILES string of the molecule is NNc1cn2ccnc2c(NCCC(=O)NC2CC2)n1. The third kappa shape index (κ3) is 2.80. The molecule has 1 fully saturated rings. The normalized spacial score (nSPS) is 14.2. The van der Waals surface area contributed by atoms with E-state index in [0.29, 0.717) is 36.3 Å². The molecule has 3 rings (SSSR count). The quantitative estimate of drug-likeness (QED) is 0.439. The first-order chi connectivity index (χ1) is 9.76. The highest BCUT2D eigenvalue weighted by Crippen LogP contribution is 2.19. The molecule has 0 saturated heterocycles. The average molecular weight is 275 g/mol. The Morgan fingerprint density at radius 3 is 3.10 bits per heavy atom. The molecule has 106 valence electrons. The number of hydrogen-bond donors (Lipinski definition) is 4. The van der Waals surface area contributed by atoms with E-state index in [1.165, 1.54) is 0 Å². The van der Waals surface area contributed by atoms with Crippen molar-refractivity contribution in [2.45, 2.75) is 25.3 Å². The van der Waals surface area contributed by atoms with Gasteiger partial charge in [-0.05, 0) is 12.8 Å². The van der Waals surface area contributed by atoms with Crippen molar-refractivity contribution in [3.05, 3.63) is 18.6 Å². The lowest BCUT2D eigenvalue weighted by Gasteiger charge is -2.09. The van der Waals surface area contributed by atoms with E-state index >= 15 is 0 Å². The minimum Gasteiger partial charge on any atom is -0.366 e. The number of rotatable bonds is 6. The Hall–Kier alpha value is -2.35. The second-order valence-corrected chi connectivity index (χ2v) is 4.80. The number of anilines is 2. The maximum atomic E-state index is 11.6. The van der Waals surface area contributed by atoms with Gasteiger partial charge in [0.05, 0.1) is 6.20 Å². The first-order valence-corrected chi connectivity index (χ1v) is 6.60. The van der Waals surface area contributed by atoms with Crippen molar-refractivity contribution in [2.24, 2.45) is 5.84 Å². The molecular weight excluding hydrogens is 258 g/mol. The first-order valence-electron chi connectivity index (χ1n) is 6.60. The summed E-state index contributed by atoms with van der Waals surface area (Å²) >= 11 is 0. The van der Waals surface area contributed by atoms with E-state index in [1.54, 1.807) is 12.4 Å². The van der Waals surface area contributed by atoms with Gasteiger partial charge in [0.1, 0.15) is 0 Å². The highest BCUT2D eigenvalue weighted by atomic mass is 16.1. The van der Waals surface area contributed by atoms with Crippen LogP contribution >= 0.6 is 0 Å². The average Bonchev–Trinajstić information content (AvgIpc) is 3.12. The van der Waals surface area contributed by atoms with Crippen molar-refractivity contribution in [3.63, 3.8) is 0 Å². The summed E-state index contributed by atoms with van der Waals surface area (Å²) in [5.74, 6) is 6.57. The number of nitrogen functional groups attached to an aromatic ring is 1. The maximum Gasteiger partial charge on any atom is 0.221 e. The second-order valence-electron chi connectivity index (χ2n) is 4.80. The van der Waals surface area contributed by atoms with Crippen LogP contribution in [0.15, 0.2) is 18.6 Å². The Bertz CT molecular complexity index is 619. The molecule has 0 aliphatic heterocycles. The van der Waals surface area contributed by atoms with Gasteiger partial charge >= 0.3 is 0 Å². The van der Waals surface area contributed by atoms with E-state index in [4.69, 9.17) is 5.84 Å². The topological polar surface area (TPSA) is 109 Å². The van der Waals surface area contributed by atoms with Crippen LogP contribution < -0.4 is 21.9 Å². The van der Waals surface area contributed by atoms with Crippen molar-refractivity contribution < 1.29 is 4.79 Å².